The minimum absolute atomic E-state index is 0.000133. The van der Waals surface area contributed by atoms with Crippen LogP contribution in [0.5, 0.6) is 0 Å². The molecule has 0 saturated heterocycles. The summed E-state index contributed by atoms with van der Waals surface area (Å²) < 4.78 is 14.2. The van der Waals surface area contributed by atoms with E-state index in [2.05, 4.69) is 32.0 Å². The maximum Gasteiger partial charge on any atom is 0.127 e. The van der Waals surface area contributed by atoms with Crippen molar-refractivity contribution >= 4 is 11.8 Å². The normalized spacial score (nSPS) is 12.4. The summed E-state index contributed by atoms with van der Waals surface area (Å²) in [4.78, 5) is 2.14. The molecule has 2 aromatic carbocycles. The minimum atomic E-state index is -0.158. The number of nitrogens with two attached hydrogens (primary N) is 1. The summed E-state index contributed by atoms with van der Waals surface area (Å²) in [6, 6.07) is 11.6. The van der Waals surface area contributed by atoms with Crippen LogP contribution in [0, 0.1) is 19.7 Å². The van der Waals surface area contributed by atoms with Gasteiger partial charge in [-0.2, -0.15) is 0 Å². The van der Waals surface area contributed by atoms with Crippen molar-refractivity contribution in [1.82, 2.24) is 0 Å². The fraction of sp³-hybridized carbons (Fsp3) is 0.333. The smallest absolute Gasteiger partial charge is 0.127 e. The Balaban J connectivity index is 2.35. The minimum Gasteiger partial charge on any atom is -0.327 e. The average molecular weight is 303 g/mol. The van der Waals surface area contributed by atoms with Crippen LogP contribution >= 0.6 is 11.8 Å². The van der Waals surface area contributed by atoms with Crippen LogP contribution in [0.15, 0.2) is 46.2 Å². The zero-order valence-electron chi connectivity index (χ0n) is 12.8. The quantitative estimate of drug-likeness (QED) is 0.852. The van der Waals surface area contributed by atoms with Gasteiger partial charge in [-0.3, -0.25) is 0 Å². The predicted octanol–water partition coefficient (Wildman–Crippen LogP) is 4.87. The van der Waals surface area contributed by atoms with E-state index in [0.717, 1.165) is 16.9 Å². The zero-order chi connectivity index (χ0) is 15.4. The number of rotatable bonds is 5. The molecular weight excluding hydrogens is 281 g/mol. The molecule has 0 bridgehead atoms. The molecule has 0 aliphatic carbocycles. The Morgan fingerprint density at radius 1 is 1.14 bits per heavy atom. The maximum absolute atomic E-state index is 14.2. The first-order valence-corrected chi connectivity index (χ1v) is 8.11. The Hall–Kier alpha value is -1.32. The maximum atomic E-state index is 14.2. The first kappa shape index (κ1) is 16.1. The van der Waals surface area contributed by atoms with Gasteiger partial charge >= 0.3 is 0 Å². The van der Waals surface area contributed by atoms with Gasteiger partial charge in [-0.25, -0.2) is 4.39 Å². The summed E-state index contributed by atoms with van der Waals surface area (Å²) in [7, 11) is 0. The van der Waals surface area contributed by atoms with E-state index in [1.54, 1.807) is 17.8 Å². The Bertz CT molecular complexity index is 625. The van der Waals surface area contributed by atoms with Crippen molar-refractivity contribution in [2.75, 3.05) is 0 Å². The van der Waals surface area contributed by atoms with Gasteiger partial charge in [0.15, 0.2) is 0 Å². The van der Waals surface area contributed by atoms with E-state index < -0.39 is 0 Å². The highest BCUT2D eigenvalue weighted by Gasteiger charge is 2.13. The fourth-order valence-corrected chi connectivity index (χ4v) is 3.34. The molecule has 21 heavy (non-hydrogen) atoms. The Kier molecular flexibility index (Phi) is 5.43. The lowest BCUT2D eigenvalue weighted by atomic mass is 10.0. The molecule has 0 spiro atoms. The molecule has 0 radical (unpaired) electrons. The van der Waals surface area contributed by atoms with Crippen molar-refractivity contribution in [2.24, 2.45) is 5.73 Å². The van der Waals surface area contributed by atoms with Crippen LogP contribution in [-0.4, -0.2) is 6.04 Å². The first-order valence-electron chi connectivity index (χ1n) is 7.29. The highest BCUT2D eigenvalue weighted by molar-refractivity contribution is 7.99. The van der Waals surface area contributed by atoms with Gasteiger partial charge in [0.05, 0.1) is 0 Å². The molecule has 2 N–H and O–H groups in total. The fourth-order valence-electron chi connectivity index (χ4n) is 2.17. The monoisotopic (exact) mass is 303 g/mol. The molecule has 1 nitrogen and oxygen atoms in total. The Morgan fingerprint density at radius 3 is 2.62 bits per heavy atom. The van der Waals surface area contributed by atoms with Crippen LogP contribution in [0.2, 0.25) is 0 Å². The van der Waals surface area contributed by atoms with Crippen molar-refractivity contribution in [3.05, 3.63) is 58.9 Å². The molecule has 2 aromatic rings. The van der Waals surface area contributed by atoms with Gasteiger partial charge in [-0.15, -0.1) is 0 Å². The van der Waals surface area contributed by atoms with E-state index in [1.165, 1.54) is 22.1 Å². The molecule has 0 aliphatic rings. The summed E-state index contributed by atoms with van der Waals surface area (Å²) in [5.41, 5.74) is 9.17. The van der Waals surface area contributed by atoms with Crippen LogP contribution < -0.4 is 5.73 Å². The Labute approximate surface area is 130 Å². The number of aryl methyl sites for hydroxylation is 2. The van der Waals surface area contributed by atoms with Crippen LogP contribution in [-0.2, 0) is 6.42 Å². The number of benzene rings is 2. The highest BCUT2D eigenvalue weighted by atomic mass is 32.2. The van der Waals surface area contributed by atoms with Gasteiger partial charge in [-0.1, -0.05) is 36.9 Å². The lowest BCUT2D eigenvalue weighted by Crippen LogP contribution is -2.22. The van der Waals surface area contributed by atoms with E-state index in [0.29, 0.717) is 6.42 Å². The van der Waals surface area contributed by atoms with E-state index in [-0.39, 0.29) is 11.9 Å². The van der Waals surface area contributed by atoms with Crippen molar-refractivity contribution in [3.8, 4) is 0 Å². The molecule has 0 amide bonds. The van der Waals surface area contributed by atoms with Gasteiger partial charge in [0.2, 0.25) is 0 Å². The molecule has 0 aliphatic heterocycles. The lowest BCUT2D eigenvalue weighted by Gasteiger charge is -2.15. The van der Waals surface area contributed by atoms with E-state index in [9.17, 15) is 4.39 Å². The van der Waals surface area contributed by atoms with Gasteiger partial charge in [0.1, 0.15) is 5.82 Å². The lowest BCUT2D eigenvalue weighted by molar-refractivity contribution is 0.571. The van der Waals surface area contributed by atoms with Gasteiger partial charge in [0.25, 0.3) is 0 Å². The molecule has 112 valence electrons. The second-order valence-electron chi connectivity index (χ2n) is 5.46. The van der Waals surface area contributed by atoms with Crippen molar-refractivity contribution in [1.29, 1.82) is 0 Å². The molecule has 0 saturated carbocycles. The molecular formula is C18H22FNS. The average Bonchev–Trinajstić information content (AvgIpc) is 2.46. The SMILES string of the molecule is CCC(N)Cc1c(F)cccc1Sc1cc(C)ccc1C. The third kappa shape index (κ3) is 4.08. The third-order valence-corrected chi connectivity index (χ3v) is 4.89. The third-order valence-electron chi connectivity index (χ3n) is 3.63. The van der Waals surface area contributed by atoms with Crippen molar-refractivity contribution < 1.29 is 4.39 Å². The second-order valence-corrected chi connectivity index (χ2v) is 6.54. The first-order chi connectivity index (χ1) is 10.0. The predicted molar refractivity (Wildman–Crippen MR) is 88.4 cm³/mol. The molecule has 2 rings (SSSR count). The number of halogens is 1. The molecule has 1 atom stereocenters. The largest absolute Gasteiger partial charge is 0.327 e. The standard InChI is InChI=1S/C18H22FNS/c1-4-14(20)11-15-16(19)6-5-7-17(15)21-18-10-12(2)8-9-13(18)3/h5-10,14H,4,11,20H2,1-3H3. The van der Waals surface area contributed by atoms with Gasteiger partial charge in [0, 0.05) is 21.4 Å². The summed E-state index contributed by atoms with van der Waals surface area (Å²) in [5, 5.41) is 0. The summed E-state index contributed by atoms with van der Waals surface area (Å²) in [6.07, 6.45) is 1.43. The highest BCUT2D eigenvalue weighted by Crippen LogP contribution is 2.34. The van der Waals surface area contributed by atoms with E-state index in [1.807, 2.05) is 13.0 Å². The molecule has 1 unspecified atom stereocenters. The summed E-state index contributed by atoms with van der Waals surface area (Å²) in [6.45, 7) is 6.19. The Morgan fingerprint density at radius 2 is 1.90 bits per heavy atom. The topological polar surface area (TPSA) is 26.0 Å². The second kappa shape index (κ2) is 7.10. The molecule has 0 aromatic heterocycles. The zero-order valence-corrected chi connectivity index (χ0v) is 13.6. The summed E-state index contributed by atoms with van der Waals surface area (Å²) in [5.74, 6) is -0.158. The molecule has 3 heteroatoms. The van der Waals surface area contributed by atoms with Gasteiger partial charge in [-0.05, 0) is 56.0 Å². The number of hydrogen-bond donors (Lipinski definition) is 1. The van der Waals surface area contributed by atoms with Crippen LogP contribution in [0.25, 0.3) is 0 Å². The summed E-state index contributed by atoms with van der Waals surface area (Å²) >= 11 is 1.63. The van der Waals surface area contributed by atoms with Gasteiger partial charge < -0.3 is 5.73 Å². The van der Waals surface area contributed by atoms with E-state index in [4.69, 9.17) is 5.73 Å². The van der Waals surface area contributed by atoms with E-state index >= 15 is 0 Å². The van der Waals surface area contributed by atoms with Crippen LogP contribution in [0.1, 0.15) is 30.0 Å². The van der Waals surface area contributed by atoms with Crippen molar-refractivity contribution in [2.45, 2.75) is 49.4 Å². The van der Waals surface area contributed by atoms with Crippen molar-refractivity contribution in [3.63, 3.8) is 0 Å². The molecule has 0 fully saturated rings. The molecule has 0 heterocycles. The number of hydrogen-bond acceptors (Lipinski definition) is 2. The van der Waals surface area contributed by atoms with Crippen LogP contribution in [0.4, 0.5) is 4.39 Å². The van der Waals surface area contributed by atoms with Crippen LogP contribution in [0.3, 0.4) is 0 Å².